The third-order valence-corrected chi connectivity index (χ3v) is 3.87. The van der Waals surface area contributed by atoms with Crippen molar-refractivity contribution in [1.29, 1.82) is 0 Å². The predicted octanol–water partition coefficient (Wildman–Crippen LogP) is 3.37. The van der Waals surface area contributed by atoms with Crippen molar-refractivity contribution >= 4 is 17.6 Å². The fraction of sp³-hybridized carbons (Fsp3) is 0.300. The van der Waals surface area contributed by atoms with E-state index >= 15 is 0 Å². The van der Waals surface area contributed by atoms with Crippen LogP contribution in [-0.2, 0) is 16.0 Å². The van der Waals surface area contributed by atoms with Crippen LogP contribution in [0.1, 0.15) is 18.9 Å². The number of carbonyl (C=O) groups is 2. The molecule has 0 aliphatic heterocycles. The minimum atomic E-state index is -0.998. The summed E-state index contributed by atoms with van der Waals surface area (Å²) in [6, 6.07) is 14.1. The Morgan fingerprint density at radius 1 is 1.04 bits per heavy atom. The standard InChI is InChI=1S/C20H23NO5/c1-3-26-18-10-6-16(7-11-18)21-19(22)13-15(20(23)24)12-14-4-8-17(25-2)9-5-14/h4-11,15H,3,12-13H2,1-2H3,(H,21,22)(H,23,24). The van der Waals surface area contributed by atoms with Crippen LogP contribution in [0.25, 0.3) is 0 Å². The van der Waals surface area contributed by atoms with Crippen molar-refractivity contribution in [1.82, 2.24) is 0 Å². The molecular weight excluding hydrogens is 334 g/mol. The minimum Gasteiger partial charge on any atom is -0.497 e. The highest BCUT2D eigenvalue weighted by molar-refractivity contribution is 5.93. The van der Waals surface area contributed by atoms with Gasteiger partial charge in [-0.05, 0) is 55.3 Å². The normalized spacial score (nSPS) is 11.5. The van der Waals surface area contributed by atoms with E-state index in [1.54, 1.807) is 55.6 Å². The van der Waals surface area contributed by atoms with Crippen molar-refractivity contribution in [3.05, 3.63) is 54.1 Å². The number of hydrogen-bond acceptors (Lipinski definition) is 4. The van der Waals surface area contributed by atoms with Gasteiger partial charge < -0.3 is 19.9 Å². The van der Waals surface area contributed by atoms with E-state index in [-0.39, 0.29) is 18.7 Å². The Kier molecular flexibility index (Phi) is 7.02. The maximum Gasteiger partial charge on any atom is 0.307 e. The molecule has 26 heavy (non-hydrogen) atoms. The fourth-order valence-corrected chi connectivity index (χ4v) is 2.53. The highest BCUT2D eigenvalue weighted by Crippen LogP contribution is 2.19. The monoisotopic (exact) mass is 357 g/mol. The van der Waals surface area contributed by atoms with E-state index in [1.807, 2.05) is 6.92 Å². The van der Waals surface area contributed by atoms with E-state index in [0.717, 1.165) is 5.56 Å². The average Bonchev–Trinajstić information content (AvgIpc) is 2.63. The fourth-order valence-electron chi connectivity index (χ4n) is 2.53. The Bertz CT molecular complexity index is 725. The Morgan fingerprint density at radius 3 is 2.19 bits per heavy atom. The number of hydrogen-bond donors (Lipinski definition) is 2. The largest absolute Gasteiger partial charge is 0.497 e. The Hall–Kier alpha value is -3.02. The topological polar surface area (TPSA) is 84.9 Å². The lowest BCUT2D eigenvalue weighted by molar-refractivity contribution is -0.143. The van der Waals surface area contributed by atoms with Gasteiger partial charge in [0, 0.05) is 12.1 Å². The lowest BCUT2D eigenvalue weighted by atomic mass is 9.96. The molecule has 1 unspecified atom stereocenters. The zero-order valence-corrected chi connectivity index (χ0v) is 14.9. The zero-order valence-electron chi connectivity index (χ0n) is 14.9. The van der Waals surface area contributed by atoms with Gasteiger partial charge in [0.2, 0.25) is 5.91 Å². The maximum atomic E-state index is 12.2. The molecule has 0 heterocycles. The van der Waals surface area contributed by atoms with Gasteiger partial charge in [-0.15, -0.1) is 0 Å². The highest BCUT2D eigenvalue weighted by atomic mass is 16.5. The van der Waals surface area contributed by atoms with Crippen molar-refractivity contribution < 1.29 is 24.2 Å². The summed E-state index contributed by atoms with van der Waals surface area (Å²) in [5.41, 5.74) is 1.44. The molecule has 1 atom stereocenters. The Balaban J connectivity index is 1.95. The van der Waals surface area contributed by atoms with Crippen LogP contribution < -0.4 is 14.8 Å². The molecule has 138 valence electrons. The molecule has 0 aromatic heterocycles. The van der Waals surface area contributed by atoms with Crippen molar-refractivity contribution in [2.45, 2.75) is 19.8 Å². The molecule has 0 spiro atoms. The third-order valence-electron chi connectivity index (χ3n) is 3.87. The second-order valence-electron chi connectivity index (χ2n) is 5.80. The first-order valence-electron chi connectivity index (χ1n) is 8.40. The van der Waals surface area contributed by atoms with Crippen LogP contribution in [0, 0.1) is 5.92 Å². The molecule has 1 amide bonds. The molecule has 2 rings (SSSR count). The molecule has 0 aliphatic rings. The molecule has 0 radical (unpaired) electrons. The first-order chi connectivity index (χ1) is 12.5. The van der Waals surface area contributed by atoms with E-state index in [0.29, 0.717) is 23.8 Å². The van der Waals surface area contributed by atoms with Crippen LogP contribution in [0.3, 0.4) is 0 Å². The molecule has 0 aliphatic carbocycles. The highest BCUT2D eigenvalue weighted by Gasteiger charge is 2.22. The van der Waals surface area contributed by atoms with Crippen LogP contribution in [0.5, 0.6) is 11.5 Å². The molecule has 2 aromatic rings. The average molecular weight is 357 g/mol. The van der Waals surface area contributed by atoms with Crippen LogP contribution in [-0.4, -0.2) is 30.7 Å². The molecule has 2 N–H and O–H groups in total. The molecule has 6 heteroatoms. The van der Waals surface area contributed by atoms with Gasteiger partial charge in [0.05, 0.1) is 19.6 Å². The first kappa shape index (κ1) is 19.3. The molecule has 2 aromatic carbocycles. The smallest absolute Gasteiger partial charge is 0.307 e. The number of carboxylic acids is 1. The van der Waals surface area contributed by atoms with Gasteiger partial charge in [0.1, 0.15) is 11.5 Å². The summed E-state index contributed by atoms with van der Waals surface area (Å²) in [6.07, 6.45) is 0.171. The lowest BCUT2D eigenvalue weighted by Gasteiger charge is -2.13. The number of carbonyl (C=O) groups excluding carboxylic acids is 1. The minimum absolute atomic E-state index is 0.103. The zero-order chi connectivity index (χ0) is 18.9. The molecular formula is C20H23NO5. The molecule has 0 fully saturated rings. The van der Waals surface area contributed by atoms with Crippen LogP contribution in [0.15, 0.2) is 48.5 Å². The van der Waals surface area contributed by atoms with Gasteiger partial charge in [0.15, 0.2) is 0 Å². The maximum absolute atomic E-state index is 12.2. The first-order valence-corrected chi connectivity index (χ1v) is 8.40. The number of anilines is 1. The van der Waals surface area contributed by atoms with E-state index < -0.39 is 11.9 Å². The van der Waals surface area contributed by atoms with Crippen molar-refractivity contribution in [3.8, 4) is 11.5 Å². The number of rotatable bonds is 9. The Labute approximate surface area is 152 Å². The van der Waals surface area contributed by atoms with Crippen LogP contribution in [0.4, 0.5) is 5.69 Å². The van der Waals surface area contributed by atoms with Crippen LogP contribution in [0.2, 0.25) is 0 Å². The third kappa shape index (κ3) is 5.81. The van der Waals surface area contributed by atoms with Gasteiger partial charge in [-0.1, -0.05) is 12.1 Å². The van der Waals surface area contributed by atoms with Gasteiger partial charge in [0.25, 0.3) is 0 Å². The van der Waals surface area contributed by atoms with E-state index in [1.165, 1.54) is 0 Å². The van der Waals surface area contributed by atoms with Gasteiger partial charge in [-0.3, -0.25) is 9.59 Å². The number of carboxylic acid groups (broad SMARTS) is 1. The second-order valence-corrected chi connectivity index (χ2v) is 5.80. The van der Waals surface area contributed by atoms with Gasteiger partial charge in [-0.2, -0.15) is 0 Å². The molecule has 0 saturated carbocycles. The summed E-state index contributed by atoms with van der Waals surface area (Å²) in [4.78, 5) is 23.7. The Morgan fingerprint density at radius 2 is 1.65 bits per heavy atom. The number of nitrogens with one attached hydrogen (secondary N) is 1. The number of methoxy groups -OCH3 is 1. The SMILES string of the molecule is CCOc1ccc(NC(=O)CC(Cc2ccc(OC)cc2)C(=O)O)cc1. The summed E-state index contributed by atoms with van der Waals surface area (Å²) < 4.78 is 10.4. The van der Waals surface area contributed by atoms with E-state index in [2.05, 4.69) is 5.32 Å². The summed E-state index contributed by atoms with van der Waals surface area (Å²) in [5.74, 6) is -0.717. The van der Waals surface area contributed by atoms with Crippen molar-refractivity contribution in [2.24, 2.45) is 5.92 Å². The van der Waals surface area contributed by atoms with Gasteiger partial charge in [-0.25, -0.2) is 0 Å². The van der Waals surface area contributed by atoms with Crippen LogP contribution >= 0.6 is 0 Å². The van der Waals surface area contributed by atoms with Crippen molar-refractivity contribution in [2.75, 3.05) is 19.0 Å². The predicted molar refractivity (Wildman–Crippen MR) is 98.7 cm³/mol. The van der Waals surface area contributed by atoms with Crippen molar-refractivity contribution in [3.63, 3.8) is 0 Å². The van der Waals surface area contributed by atoms with E-state index in [4.69, 9.17) is 9.47 Å². The quantitative estimate of drug-likeness (QED) is 0.719. The summed E-state index contributed by atoms with van der Waals surface area (Å²) in [6.45, 7) is 2.46. The summed E-state index contributed by atoms with van der Waals surface area (Å²) in [7, 11) is 1.57. The number of aliphatic carboxylic acids is 1. The molecule has 0 saturated heterocycles. The number of benzene rings is 2. The lowest BCUT2D eigenvalue weighted by Crippen LogP contribution is -2.24. The van der Waals surface area contributed by atoms with Gasteiger partial charge >= 0.3 is 5.97 Å². The summed E-state index contributed by atoms with van der Waals surface area (Å²) in [5, 5.41) is 12.1. The molecule has 6 nitrogen and oxygen atoms in total. The van der Waals surface area contributed by atoms with E-state index in [9.17, 15) is 14.7 Å². The second kappa shape index (κ2) is 9.46. The molecule has 0 bridgehead atoms. The summed E-state index contributed by atoms with van der Waals surface area (Å²) >= 11 is 0. The number of amides is 1. The number of ether oxygens (including phenoxy) is 2.